The van der Waals surface area contributed by atoms with E-state index in [1.807, 2.05) is 6.07 Å². The number of halogens is 2. The molecule has 2 aromatic rings. The van der Waals surface area contributed by atoms with Crippen molar-refractivity contribution in [2.45, 2.75) is 13.8 Å². The third-order valence-corrected chi connectivity index (χ3v) is 3.59. The lowest BCUT2D eigenvalue weighted by atomic mass is 10.3. The van der Waals surface area contributed by atoms with Gasteiger partial charge < -0.3 is 10.2 Å². The summed E-state index contributed by atoms with van der Waals surface area (Å²) in [6.07, 6.45) is 1.53. The van der Waals surface area contributed by atoms with Gasteiger partial charge in [-0.2, -0.15) is 0 Å². The quantitative estimate of drug-likeness (QED) is 0.890. The van der Waals surface area contributed by atoms with Crippen LogP contribution in [0.4, 0.5) is 17.3 Å². The van der Waals surface area contributed by atoms with Crippen molar-refractivity contribution in [3.05, 3.63) is 40.6 Å². The summed E-state index contributed by atoms with van der Waals surface area (Å²) < 4.78 is 0. The maximum absolute atomic E-state index is 6.14. The summed E-state index contributed by atoms with van der Waals surface area (Å²) in [6, 6.07) is 7.24. The number of benzene rings is 1. The zero-order chi connectivity index (χ0) is 14.5. The molecule has 0 amide bonds. The lowest BCUT2D eigenvalue weighted by molar-refractivity contribution is 0.842. The molecule has 0 saturated heterocycles. The van der Waals surface area contributed by atoms with Crippen molar-refractivity contribution in [1.29, 1.82) is 0 Å². The van der Waals surface area contributed by atoms with Crippen molar-refractivity contribution < 1.29 is 0 Å². The van der Waals surface area contributed by atoms with E-state index in [1.54, 1.807) is 18.2 Å². The monoisotopic (exact) mass is 310 g/mol. The minimum absolute atomic E-state index is 0.556. The first-order chi connectivity index (χ1) is 9.65. The second-order valence-electron chi connectivity index (χ2n) is 4.16. The Bertz CT molecular complexity index is 565. The van der Waals surface area contributed by atoms with Crippen molar-refractivity contribution in [3.8, 4) is 0 Å². The Morgan fingerprint density at radius 1 is 1.10 bits per heavy atom. The Kier molecular flexibility index (Phi) is 5.04. The normalized spacial score (nSPS) is 10.4. The van der Waals surface area contributed by atoms with Crippen LogP contribution >= 0.6 is 23.2 Å². The second-order valence-corrected chi connectivity index (χ2v) is 4.97. The molecule has 0 aliphatic carbocycles. The number of hydrogen-bond acceptors (Lipinski definition) is 4. The molecule has 0 radical (unpaired) electrons. The Morgan fingerprint density at radius 2 is 1.75 bits per heavy atom. The Morgan fingerprint density at radius 3 is 2.35 bits per heavy atom. The molecule has 6 heteroatoms. The largest absolute Gasteiger partial charge is 0.357 e. The van der Waals surface area contributed by atoms with Gasteiger partial charge in [0.25, 0.3) is 0 Å². The molecule has 106 valence electrons. The van der Waals surface area contributed by atoms with Crippen molar-refractivity contribution in [2.24, 2.45) is 0 Å². The summed E-state index contributed by atoms with van der Waals surface area (Å²) in [7, 11) is 0. The van der Waals surface area contributed by atoms with E-state index in [0.29, 0.717) is 21.6 Å². The highest BCUT2D eigenvalue weighted by atomic mass is 35.5. The topological polar surface area (TPSA) is 41.0 Å². The van der Waals surface area contributed by atoms with E-state index in [2.05, 4.69) is 34.0 Å². The second kappa shape index (κ2) is 6.77. The van der Waals surface area contributed by atoms with Crippen LogP contribution in [0.25, 0.3) is 0 Å². The lowest BCUT2D eigenvalue weighted by Gasteiger charge is -2.20. The van der Waals surface area contributed by atoms with Crippen LogP contribution in [0, 0.1) is 0 Å². The Labute approximate surface area is 128 Å². The highest BCUT2D eigenvalue weighted by Crippen LogP contribution is 2.32. The van der Waals surface area contributed by atoms with Crippen molar-refractivity contribution in [2.75, 3.05) is 23.3 Å². The van der Waals surface area contributed by atoms with Gasteiger partial charge in [-0.15, -0.1) is 0 Å². The smallest absolute Gasteiger partial charge is 0.135 e. The molecule has 2 rings (SSSR count). The molecule has 1 aromatic heterocycles. The fourth-order valence-electron chi connectivity index (χ4n) is 1.88. The number of nitrogens with one attached hydrogen (secondary N) is 1. The van der Waals surface area contributed by atoms with Gasteiger partial charge in [-0.25, -0.2) is 9.97 Å². The Balaban J connectivity index is 2.28. The molecular weight excluding hydrogens is 295 g/mol. The molecule has 1 heterocycles. The van der Waals surface area contributed by atoms with Crippen LogP contribution in [-0.2, 0) is 0 Å². The number of para-hydroxylation sites is 1. The molecule has 20 heavy (non-hydrogen) atoms. The molecule has 0 fully saturated rings. The summed E-state index contributed by atoms with van der Waals surface area (Å²) in [5, 5.41) is 4.25. The van der Waals surface area contributed by atoms with Gasteiger partial charge >= 0.3 is 0 Å². The van der Waals surface area contributed by atoms with Crippen molar-refractivity contribution in [3.63, 3.8) is 0 Å². The van der Waals surface area contributed by atoms with E-state index in [9.17, 15) is 0 Å². The predicted molar refractivity (Wildman–Crippen MR) is 85.3 cm³/mol. The maximum Gasteiger partial charge on any atom is 0.135 e. The number of rotatable bonds is 5. The SMILES string of the molecule is CCN(CC)c1cc(Nc2c(Cl)cccc2Cl)ncn1. The maximum atomic E-state index is 6.14. The van der Waals surface area contributed by atoms with Gasteiger partial charge in [-0.05, 0) is 26.0 Å². The predicted octanol–water partition coefficient (Wildman–Crippen LogP) is 4.37. The van der Waals surface area contributed by atoms with Gasteiger partial charge in [0.2, 0.25) is 0 Å². The molecule has 0 saturated carbocycles. The summed E-state index contributed by atoms with van der Waals surface area (Å²) in [5.41, 5.74) is 0.653. The number of anilines is 3. The molecule has 0 bridgehead atoms. The van der Waals surface area contributed by atoms with E-state index in [1.165, 1.54) is 6.33 Å². The molecule has 0 aliphatic rings. The third kappa shape index (κ3) is 3.32. The first kappa shape index (κ1) is 14.9. The zero-order valence-corrected chi connectivity index (χ0v) is 12.9. The van der Waals surface area contributed by atoms with Crippen LogP contribution in [0.5, 0.6) is 0 Å². The molecule has 4 nitrogen and oxygen atoms in total. The van der Waals surface area contributed by atoms with Gasteiger partial charge in [-0.1, -0.05) is 29.3 Å². The van der Waals surface area contributed by atoms with Crippen LogP contribution in [0.15, 0.2) is 30.6 Å². The van der Waals surface area contributed by atoms with E-state index >= 15 is 0 Å². The summed E-state index contributed by atoms with van der Waals surface area (Å²) in [6.45, 7) is 5.95. The molecule has 0 unspecified atom stereocenters. The average molecular weight is 311 g/mol. The van der Waals surface area contributed by atoms with Gasteiger partial charge in [0.15, 0.2) is 0 Å². The molecular formula is C14H16Cl2N4. The molecule has 1 N–H and O–H groups in total. The minimum atomic E-state index is 0.556. The van der Waals surface area contributed by atoms with Crippen molar-refractivity contribution in [1.82, 2.24) is 9.97 Å². The molecule has 0 spiro atoms. The highest BCUT2D eigenvalue weighted by Gasteiger charge is 2.09. The number of nitrogens with zero attached hydrogens (tertiary/aromatic N) is 3. The van der Waals surface area contributed by atoms with Crippen LogP contribution in [0.3, 0.4) is 0 Å². The van der Waals surface area contributed by atoms with Crippen LogP contribution in [0.1, 0.15) is 13.8 Å². The Hall–Kier alpha value is -1.52. The van der Waals surface area contributed by atoms with E-state index in [0.717, 1.165) is 18.9 Å². The summed E-state index contributed by atoms with van der Waals surface area (Å²) in [4.78, 5) is 10.6. The van der Waals surface area contributed by atoms with Crippen LogP contribution in [-0.4, -0.2) is 23.1 Å². The lowest BCUT2D eigenvalue weighted by Crippen LogP contribution is -2.23. The van der Waals surface area contributed by atoms with E-state index in [-0.39, 0.29) is 0 Å². The fraction of sp³-hybridized carbons (Fsp3) is 0.286. The fourth-order valence-corrected chi connectivity index (χ4v) is 2.37. The summed E-state index contributed by atoms with van der Waals surface area (Å²) in [5.74, 6) is 1.53. The van der Waals surface area contributed by atoms with Crippen LogP contribution in [0.2, 0.25) is 10.0 Å². The van der Waals surface area contributed by atoms with E-state index < -0.39 is 0 Å². The molecule has 0 aliphatic heterocycles. The van der Waals surface area contributed by atoms with Crippen LogP contribution < -0.4 is 10.2 Å². The molecule has 0 atom stereocenters. The zero-order valence-electron chi connectivity index (χ0n) is 11.4. The van der Waals surface area contributed by atoms with Crippen molar-refractivity contribution >= 4 is 40.5 Å². The highest BCUT2D eigenvalue weighted by molar-refractivity contribution is 6.39. The summed E-state index contributed by atoms with van der Waals surface area (Å²) >= 11 is 12.3. The number of hydrogen-bond donors (Lipinski definition) is 1. The minimum Gasteiger partial charge on any atom is -0.357 e. The third-order valence-electron chi connectivity index (χ3n) is 2.96. The van der Waals surface area contributed by atoms with Gasteiger partial charge in [0.05, 0.1) is 15.7 Å². The first-order valence-corrected chi connectivity index (χ1v) is 7.19. The van der Waals surface area contributed by atoms with E-state index in [4.69, 9.17) is 23.2 Å². The van der Waals surface area contributed by atoms with Gasteiger partial charge in [0, 0.05) is 19.2 Å². The first-order valence-electron chi connectivity index (χ1n) is 6.43. The average Bonchev–Trinajstić information content (AvgIpc) is 2.45. The standard InChI is InChI=1S/C14H16Cl2N4/c1-3-20(4-2)13-8-12(17-9-18-13)19-14-10(15)6-5-7-11(14)16/h5-9H,3-4H2,1-2H3,(H,17,18,19). The van der Waals surface area contributed by atoms with Gasteiger partial charge in [0.1, 0.15) is 18.0 Å². The van der Waals surface area contributed by atoms with Gasteiger partial charge in [-0.3, -0.25) is 0 Å². The molecule has 1 aromatic carbocycles. The number of aromatic nitrogens is 2.